The number of hydrogen-bond acceptors (Lipinski definition) is 3. The summed E-state index contributed by atoms with van der Waals surface area (Å²) in [7, 11) is 0. The molecule has 2 fully saturated rings. The predicted octanol–water partition coefficient (Wildman–Crippen LogP) is 2.01. The van der Waals surface area contributed by atoms with Crippen molar-refractivity contribution in [3.05, 3.63) is 28.2 Å². The van der Waals surface area contributed by atoms with Gasteiger partial charge in [-0.3, -0.25) is 14.4 Å². The van der Waals surface area contributed by atoms with Crippen LogP contribution in [0.1, 0.15) is 12.8 Å². The maximum atomic E-state index is 12.8. The van der Waals surface area contributed by atoms with Gasteiger partial charge in [-0.15, -0.1) is 0 Å². The smallest absolute Gasteiger partial charge is 0.240 e. The molecular weight excluding hydrogens is 353 g/mol. The van der Waals surface area contributed by atoms with E-state index in [1.54, 1.807) is 28.0 Å². The third-order valence-electron chi connectivity index (χ3n) is 4.54. The molecule has 0 spiro atoms. The quantitative estimate of drug-likeness (QED) is 0.651. The summed E-state index contributed by atoms with van der Waals surface area (Å²) in [6.07, 6.45) is 1.82. The minimum atomic E-state index is -1.02. The van der Waals surface area contributed by atoms with Gasteiger partial charge in [0.2, 0.25) is 18.2 Å². The van der Waals surface area contributed by atoms with E-state index in [4.69, 9.17) is 23.2 Å². The van der Waals surface area contributed by atoms with E-state index in [1.165, 1.54) is 0 Å². The van der Waals surface area contributed by atoms with Gasteiger partial charge in [0.05, 0.1) is 15.7 Å². The molecule has 8 heteroatoms. The Kier molecular flexibility index (Phi) is 4.69. The predicted molar refractivity (Wildman–Crippen MR) is 91.0 cm³/mol. The standard InChI is InChI=1S/C16H17Cl2N3O3/c17-11-2-1-3-12(13(11)18)19-14(23)16(4-5-16)15(24)21-8-6-20(10-22)7-9-21/h1-3,10H,4-9H2,(H,19,23). The lowest BCUT2D eigenvalue weighted by atomic mass is 10.0. The first-order chi connectivity index (χ1) is 11.5. The van der Waals surface area contributed by atoms with Crippen LogP contribution >= 0.6 is 23.2 Å². The molecule has 1 heterocycles. The summed E-state index contributed by atoms with van der Waals surface area (Å²) in [4.78, 5) is 39.4. The van der Waals surface area contributed by atoms with Crippen molar-refractivity contribution in [2.45, 2.75) is 12.8 Å². The Morgan fingerprint density at radius 3 is 2.38 bits per heavy atom. The van der Waals surface area contributed by atoms with Gasteiger partial charge >= 0.3 is 0 Å². The van der Waals surface area contributed by atoms with E-state index >= 15 is 0 Å². The first-order valence-electron chi connectivity index (χ1n) is 7.72. The summed E-state index contributed by atoms with van der Waals surface area (Å²) in [5.74, 6) is -0.529. The number of piperazine rings is 1. The Labute approximate surface area is 149 Å². The van der Waals surface area contributed by atoms with Crippen LogP contribution in [0.4, 0.5) is 5.69 Å². The molecule has 1 N–H and O–H groups in total. The fourth-order valence-corrected chi connectivity index (χ4v) is 3.19. The molecule has 2 aliphatic rings. The largest absolute Gasteiger partial charge is 0.342 e. The first kappa shape index (κ1) is 17.0. The first-order valence-corrected chi connectivity index (χ1v) is 8.48. The number of rotatable bonds is 4. The minimum absolute atomic E-state index is 0.177. The van der Waals surface area contributed by atoms with E-state index < -0.39 is 5.41 Å². The van der Waals surface area contributed by atoms with Crippen molar-refractivity contribution in [2.75, 3.05) is 31.5 Å². The Morgan fingerprint density at radius 2 is 1.79 bits per heavy atom. The summed E-state index contributed by atoms with van der Waals surface area (Å²) in [5.41, 5.74) is -0.617. The molecule has 128 valence electrons. The van der Waals surface area contributed by atoms with Crippen LogP contribution in [0, 0.1) is 5.41 Å². The van der Waals surface area contributed by atoms with Gasteiger partial charge in [0, 0.05) is 26.2 Å². The molecule has 0 atom stereocenters. The summed E-state index contributed by atoms with van der Waals surface area (Å²) < 4.78 is 0. The highest BCUT2D eigenvalue weighted by atomic mass is 35.5. The monoisotopic (exact) mass is 369 g/mol. The van der Waals surface area contributed by atoms with Crippen molar-refractivity contribution in [3.8, 4) is 0 Å². The van der Waals surface area contributed by atoms with Gasteiger partial charge in [-0.25, -0.2) is 0 Å². The van der Waals surface area contributed by atoms with E-state index in [1.807, 2.05) is 0 Å². The van der Waals surface area contributed by atoms with Crippen molar-refractivity contribution >= 4 is 47.1 Å². The second-order valence-corrected chi connectivity index (χ2v) is 6.86. The molecule has 1 aromatic rings. The van der Waals surface area contributed by atoms with Crippen LogP contribution in [0.3, 0.4) is 0 Å². The van der Waals surface area contributed by atoms with Crippen LogP contribution in [-0.4, -0.2) is 54.2 Å². The number of halogens is 2. The van der Waals surface area contributed by atoms with E-state index in [0.717, 1.165) is 6.41 Å². The molecule has 1 aliphatic heterocycles. The second kappa shape index (κ2) is 6.61. The highest BCUT2D eigenvalue weighted by molar-refractivity contribution is 6.44. The Morgan fingerprint density at radius 1 is 1.12 bits per heavy atom. The lowest BCUT2D eigenvalue weighted by molar-refractivity contribution is -0.144. The van der Waals surface area contributed by atoms with E-state index in [2.05, 4.69) is 5.32 Å². The van der Waals surface area contributed by atoms with Gasteiger partial charge in [-0.2, -0.15) is 0 Å². The topological polar surface area (TPSA) is 69.7 Å². The molecule has 24 heavy (non-hydrogen) atoms. The van der Waals surface area contributed by atoms with Crippen molar-refractivity contribution in [3.63, 3.8) is 0 Å². The highest BCUT2D eigenvalue weighted by Crippen LogP contribution is 2.48. The molecule has 1 aliphatic carbocycles. The fraction of sp³-hybridized carbons (Fsp3) is 0.438. The third kappa shape index (κ3) is 3.08. The molecule has 3 amide bonds. The molecule has 0 bridgehead atoms. The molecule has 0 radical (unpaired) electrons. The number of benzene rings is 1. The molecule has 6 nitrogen and oxygen atoms in total. The molecular formula is C16H17Cl2N3O3. The van der Waals surface area contributed by atoms with Crippen molar-refractivity contribution in [2.24, 2.45) is 5.41 Å². The van der Waals surface area contributed by atoms with Gasteiger partial charge in [0.25, 0.3) is 0 Å². The zero-order valence-electron chi connectivity index (χ0n) is 12.9. The zero-order valence-corrected chi connectivity index (χ0v) is 14.4. The van der Waals surface area contributed by atoms with E-state index in [-0.39, 0.29) is 16.8 Å². The van der Waals surface area contributed by atoms with Crippen LogP contribution in [0.25, 0.3) is 0 Å². The third-order valence-corrected chi connectivity index (χ3v) is 5.36. The molecule has 0 unspecified atom stereocenters. The van der Waals surface area contributed by atoms with Gasteiger partial charge in [-0.1, -0.05) is 29.3 Å². The van der Waals surface area contributed by atoms with Gasteiger partial charge in [-0.05, 0) is 25.0 Å². The zero-order chi connectivity index (χ0) is 17.3. The Hall–Kier alpha value is -1.79. The number of nitrogens with zero attached hydrogens (tertiary/aromatic N) is 2. The van der Waals surface area contributed by atoms with Gasteiger partial charge in [0.1, 0.15) is 5.41 Å². The fourth-order valence-electron chi connectivity index (χ4n) is 2.84. The minimum Gasteiger partial charge on any atom is -0.342 e. The van der Waals surface area contributed by atoms with Crippen LogP contribution in [-0.2, 0) is 14.4 Å². The number of hydrogen-bond donors (Lipinski definition) is 1. The molecule has 1 saturated heterocycles. The van der Waals surface area contributed by atoms with Gasteiger partial charge in [0.15, 0.2) is 0 Å². The molecule has 1 saturated carbocycles. The maximum absolute atomic E-state index is 12.8. The maximum Gasteiger partial charge on any atom is 0.240 e. The van der Waals surface area contributed by atoms with Crippen molar-refractivity contribution in [1.29, 1.82) is 0 Å². The van der Waals surface area contributed by atoms with Crippen LogP contribution in [0.5, 0.6) is 0 Å². The second-order valence-electron chi connectivity index (χ2n) is 6.07. The summed E-state index contributed by atoms with van der Waals surface area (Å²) >= 11 is 12.0. The number of carbonyl (C=O) groups excluding carboxylic acids is 3. The number of carbonyl (C=O) groups is 3. The molecule has 3 rings (SSSR count). The van der Waals surface area contributed by atoms with Crippen molar-refractivity contribution < 1.29 is 14.4 Å². The molecule has 1 aromatic carbocycles. The van der Waals surface area contributed by atoms with Crippen LogP contribution in [0.15, 0.2) is 18.2 Å². The van der Waals surface area contributed by atoms with E-state index in [0.29, 0.717) is 49.7 Å². The SMILES string of the molecule is O=CN1CCN(C(=O)C2(C(=O)Nc3cccc(Cl)c3Cl)CC2)CC1. The average Bonchev–Trinajstić information content (AvgIpc) is 3.40. The van der Waals surface area contributed by atoms with E-state index in [9.17, 15) is 14.4 Å². The number of amides is 3. The summed E-state index contributed by atoms with van der Waals surface area (Å²) in [6, 6.07) is 4.96. The number of anilines is 1. The lowest BCUT2D eigenvalue weighted by Gasteiger charge is -2.34. The highest BCUT2D eigenvalue weighted by Gasteiger charge is 2.58. The van der Waals surface area contributed by atoms with Crippen molar-refractivity contribution in [1.82, 2.24) is 9.80 Å². The summed E-state index contributed by atoms with van der Waals surface area (Å²) in [5, 5.41) is 3.33. The summed E-state index contributed by atoms with van der Waals surface area (Å²) in [6.45, 7) is 1.88. The average molecular weight is 370 g/mol. The van der Waals surface area contributed by atoms with Crippen LogP contribution < -0.4 is 5.32 Å². The lowest BCUT2D eigenvalue weighted by Crippen LogP contribution is -2.52. The van der Waals surface area contributed by atoms with Gasteiger partial charge < -0.3 is 15.1 Å². The normalized spacial score (nSPS) is 18.9. The Balaban J connectivity index is 1.69. The molecule has 0 aromatic heterocycles. The Bertz CT molecular complexity index is 683. The van der Waals surface area contributed by atoms with Crippen LogP contribution in [0.2, 0.25) is 10.0 Å². The number of nitrogens with one attached hydrogen (secondary N) is 1.